The number of rotatable bonds is 8. The summed E-state index contributed by atoms with van der Waals surface area (Å²) in [7, 11) is 0. The first-order valence-electron chi connectivity index (χ1n) is 10.9. The van der Waals surface area contributed by atoms with Gasteiger partial charge in [0, 0.05) is 24.2 Å². The van der Waals surface area contributed by atoms with Crippen molar-refractivity contribution in [1.82, 2.24) is 20.1 Å². The van der Waals surface area contributed by atoms with Crippen molar-refractivity contribution in [2.45, 2.75) is 33.2 Å². The normalized spacial score (nSPS) is 10.8. The molecular weight excluding hydrogens is 438 g/mol. The van der Waals surface area contributed by atoms with Gasteiger partial charge in [-0.25, -0.2) is 13.5 Å². The lowest BCUT2D eigenvalue weighted by Crippen LogP contribution is -2.23. The first-order chi connectivity index (χ1) is 16.4. The molecule has 0 spiro atoms. The fraction of sp³-hybridized carbons (Fsp3) is 0.192. The average Bonchev–Trinajstić information content (AvgIpc) is 3.13. The van der Waals surface area contributed by atoms with Gasteiger partial charge in [0.2, 0.25) is 11.8 Å². The fourth-order valence-corrected chi connectivity index (χ4v) is 3.55. The Bertz CT molecular complexity index is 1310. The van der Waals surface area contributed by atoms with E-state index in [0.717, 1.165) is 29.1 Å². The van der Waals surface area contributed by atoms with E-state index in [9.17, 15) is 13.6 Å². The molecule has 0 saturated heterocycles. The molecule has 4 aromatic rings. The summed E-state index contributed by atoms with van der Waals surface area (Å²) in [4.78, 5) is 16.7. The zero-order valence-corrected chi connectivity index (χ0v) is 18.9. The lowest BCUT2D eigenvalue weighted by Gasteiger charge is -2.12. The third-order valence-corrected chi connectivity index (χ3v) is 5.28. The number of amides is 1. The lowest BCUT2D eigenvalue weighted by molar-refractivity contribution is -0.121. The molecule has 6 nitrogen and oxygen atoms in total. The van der Waals surface area contributed by atoms with E-state index in [1.165, 1.54) is 6.07 Å². The molecule has 4 rings (SSSR count). The number of nitrogens with zero attached hydrogens (tertiary/aromatic N) is 3. The highest BCUT2D eigenvalue weighted by Gasteiger charge is 2.21. The molecule has 8 heteroatoms. The molecule has 34 heavy (non-hydrogen) atoms. The van der Waals surface area contributed by atoms with Gasteiger partial charge in [0.1, 0.15) is 5.82 Å². The van der Waals surface area contributed by atoms with Gasteiger partial charge in [-0.05, 0) is 62.2 Å². The molecule has 0 saturated carbocycles. The topological polar surface area (TPSA) is 69.0 Å². The number of nitrogens with one attached hydrogen (secondary N) is 1. The molecule has 2 aromatic heterocycles. The Balaban J connectivity index is 1.60. The first-order valence-corrected chi connectivity index (χ1v) is 10.9. The van der Waals surface area contributed by atoms with Gasteiger partial charge < -0.3 is 10.1 Å². The van der Waals surface area contributed by atoms with Crippen LogP contribution in [0.5, 0.6) is 11.6 Å². The smallest absolute Gasteiger partial charge is 0.226 e. The molecule has 1 N–H and O–H groups in total. The SMILES string of the molecule is Cc1cccc(-n2nc(C)c(CCC(=O)NCc3ccccn3)c2Oc2ccc(F)cc2F)c1. The first kappa shape index (κ1) is 23.1. The molecule has 0 unspecified atom stereocenters. The lowest BCUT2D eigenvalue weighted by atomic mass is 10.1. The van der Waals surface area contributed by atoms with E-state index in [1.54, 1.807) is 17.8 Å². The maximum atomic E-state index is 14.4. The Labute approximate surface area is 196 Å². The molecule has 0 bridgehead atoms. The molecule has 2 heterocycles. The number of carbonyl (C=O) groups excluding carboxylic acids is 1. The number of carbonyl (C=O) groups is 1. The van der Waals surface area contributed by atoms with Crippen molar-refractivity contribution in [2.75, 3.05) is 0 Å². The summed E-state index contributed by atoms with van der Waals surface area (Å²) in [5.74, 6) is -1.53. The van der Waals surface area contributed by atoms with Crippen molar-refractivity contribution in [3.63, 3.8) is 0 Å². The summed E-state index contributed by atoms with van der Waals surface area (Å²) in [5, 5.41) is 7.44. The van der Waals surface area contributed by atoms with Crippen molar-refractivity contribution < 1.29 is 18.3 Å². The molecule has 0 fully saturated rings. The molecule has 0 radical (unpaired) electrons. The highest BCUT2D eigenvalue weighted by Crippen LogP contribution is 2.33. The molecule has 0 aliphatic carbocycles. The summed E-state index contributed by atoms with van der Waals surface area (Å²) in [6.07, 6.45) is 2.17. The Hall–Kier alpha value is -4.07. The van der Waals surface area contributed by atoms with Gasteiger partial charge in [0.05, 0.1) is 23.6 Å². The van der Waals surface area contributed by atoms with E-state index in [2.05, 4.69) is 15.4 Å². The maximum absolute atomic E-state index is 14.4. The van der Waals surface area contributed by atoms with Crippen molar-refractivity contribution >= 4 is 5.91 Å². The molecule has 174 valence electrons. The minimum atomic E-state index is -0.825. The third-order valence-electron chi connectivity index (χ3n) is 5.28. The zero-order valence-electron chi connectivity index (χ0n) is 18.9. The monoisotopic (exact) mass is 462 g/mol. The van der Waals surface area contributed by atoms with Crippen LogP contribution in [0.2, 0.25) is 0 Å². The summed E-state index contributed by atoms with van der Waals surface area (Å²) < 4.78 is 35.3. The predicted molar refractivity (Wildman–Crippen MR) is 124 cm³/mol. The second kappa shape index (κ2) is 10.2. The van der Waals surface area contributed by atoms with Gasteiger partial charge in [-0.3, -0.25) is 9.78 Å². The average molecular weight is 463 g/mol. The quantitative estimate of drug-likeness (QED) is 0.391. The van der Waals surface area contributed by atoms with Crippen LogP contribution < -0.4 is 10.1 Å². The van der Waals surface area contributed by atoms with E-state index < -0.39 is 11.6 Å². The van der Waals surface area contributed by atoms with E-state index in [4.69, 9.17) is 4.74 Å². The highest BCUT2D eigenvalue weighted by atomic mass is 19.1. The highest BCUT2D eigenvalue weighted by molar-refractivity contribution is 5.76. The van der Waals surface area contributed by atoms with Crippen molar-refractivity contribution in [3.05, 3.63) is 101 Å². The summed E-state index contributed by atoms with van der Waals surface area (Å²) in [5.41, 5.74) is 3.82. The number of aromatic nitrogens is 3. The number of pyridine rings is 1. The fourth-order valence-electron chi connectivity index (χ4n) is 3.55. The Morgan fingerprint density at radius 3 is 2.65 bits per heavy atom. The van der Waals surface area contributed by atoms with Crippen LogP contribution in [-0.4, -0.2) is 20.7 Å². The summed E-state index contributed by atoms with van der Waals surface area (Å²) >= 11 is 0. The largest absolute Gasteiger partial charge is 0.436 e. The molecule has 2 aromatic carbocycles. The van der Waals surface area contributed by atoms with Crippen LogP contribution in [0.4, 0.5) is 8.78 Å². The van der Waals surface area contributed by atoms with Gasteiger partial charge in [-0.15, -0.1) is 0 Å². The number of hydrogen-bond donors (Lipinski definition) is 1. The van der Waals surface area contributed by atoms with Crippen LogP contribution in [-0.2, 0) is 17.8 Å². The van der Waals surface area contributed by atoms with Gasteiger partial charge in [-0.2, -0.15) is 5.10 Å². The summed E-state index contributed by atoms with van der Waals surface area (Å²) in [6, 6.07) is 16.2. The van der Waals surface area contributed by atoms with E-state index >= 15 is 0 Å². The Morgan fingerprint density at radius 2 is 1.91 bits per heavy atom. The molecular formula is C26H24F2N4O2. The summed E-state index contributed by atoms with van der Waals surface area (Å²) in [6.45, 7) is 4.08. The Morgan fingerprint density at radius 1 is 1.06 bits per heavy atom. The van der Waals surface area contributed by atoms with Crippen LogP contribution in [0, 0.1) is 25.5 Å². The zero-order chi connectivity index (χ0) is 24.1. The molecule has 0 aliphatic heterocycles. The number of halogens is 2. The molecule has 0 atom stereocenters. The minimum Gasteiger partial charge on any atom is -0.436 e. The minimum absolute atomic E-state index is 0.129. The van der Waals surface area contributed by atoms with Crippen LogP contribution in [0.1, 0.15) is 28.9 Å². The van der Waals surface area contributed by atoms with E-state index in [-0.39, 0.29) is 24.0 Å². The second-order valence-corrected chi connectivity index (χ2v) is 7.89. The number of benzene rings is 2. The van der Waals surface area contributed by atoms with E-state index in [1.807, 2.05) is 49.4 Å². The Kier molecular flexibility index (Phi) is 6.96. The van der Waals surface area contributed by atoms with Gasteiger partial charge in [-0.1, -0.05) is 18.2 Å². The van der Waals surface area contributed by atoms with Crippen molar-refractivity contribution in [3.8, 4) is 17.3 Å². The number of hydrogen-bond acceptors (Lipinski definition) is 4. The van der Waals surface area contributed by atoms with E-state index in [0.29, 0.717) is 24.2 Å². The van der Waals surface area contributed by atoms with Gasteiger partial charge in [0.15, 0.2) is 11.6 Å². The number of ether oxygens (including phenoxy) is 1. The predicted octanol–water partition coefficient (Wildman–Crippen LogP) is 5.20. The third kappa shape index (κ3) is 5.46. The van der Waals surface area contributed by atoms with Gasteiger partial charge >= 0.3 is 0 Å². The second-order valence-electron chi connectivity index (χ2n) is 7.89. The van der Waals surface area contributed by atoms with Crippen molar-refractivity contribution in [2.24, 2.45) is 0 Å². The maximum Gasteiger partial charge on any atom is 0.226 e. The van der Waals surface area contributed by atoms with Crippen LogP contribution in [0.15, 0.2) is 66.9 Å². The van der Waals surface area contributed by atoms with Crippen LogP contribution in [0.25, 0.3) is 5.69 Å². The van der Waals surface area contributed by atoms with Crippen LogP contribution in [0.3, 0.4) is 0 Å². The van der Waals surface area contributed by atoms with Crippen molar-refractivity contribution in [1.29, 1.82) is 0 Å². The van der Waals surface area contributed by atoms with Crippen LogP contribution >= 0.6 is 0 Å². The standard InChI is InChI=1S/C26H24F2N4O2/c1-17-6-5-8-21(14-17)32-26(34-24-11-9-19(27)15-23(24)28)22(18(2)31-32)10-12-25(33)30-16-20-7-3-4-13-29-20/h3-9,11,13-15H,10,12,16H2,1-2H3,(H,30,33). The molecule has 1 amide bonds. The number of aryl methyl sites for hydroxylation is 2. The van der Waals surface area contributed by atoms with Gasteiger partial charge in [0.25, 0.3) is 0 Å². The molecule has 0 aliphatic rings.